The van der Waals surface area contributed by atoms with Crippen molar-refractivity contribution in [3.8, 4) is 17.1 Å². The summed E-state index contributed by atoms with van der Waals surface area (Å²) in [5.41, 5.74) is 2.70. The highest BCUT2D eigenvalue weighted by molar-refractivity contribution is 6.31. The van der Waals surface area contributed by atoms with Crippen molar-refractivity contribution in [3.05, 3.63) is 95.6 Å². The van der Waals surface area contributed by atoms with Crippen molar-refractivity contribution in [1.29, 1.82) is 0 Å². The molecule has 0 atom stereocenters. The first kappa shape index (κ1) is 17.0. The summed E-state index contributed by atoms with van der Waals surface area (Å²) in [4.78, 5) is 17.0. The Labute approximate surface area is 161 Å². The molecule has 0 unspecified atom stereocenters. The summed E-state index contributed by atoms with van der Waals surface area (Å²) in [6, 6.07) is 23.8. The molecule has 1 amide bonds. The number of para-hydroxylation sites is 1. The standard InChI is InChI=1S/C21H15ClN4O/c22-16-8-6-7-15(13-16)21(27)24-20-14-19(18-11-4-5-12-23-18)25-26(20)17-9-2-1-3-10-17/h1-14H,(H,24,27). The Morgan fingerprint density at radius 1 is 0.889 bits per heavy atom. The Hall–Kier alpha value is -3.44. The van der Waals surface area contributed by atoms with Crippen LogP contribution in [0.3, 0.4) is 0 Å². The fourth-order valence-electron chi connectivity index (χ4n) is 2.69. The Morgan fingerprint density at radius 3 is 2.44 bits per heavy atom. The number of hydrogen-bond donors (Lipinski definition) is 1. The van der Waals surface area contributed by atoms with Gasteiger partial charge in [-0.3, -0.25) is 9.78 Å². The molecule has 0 radical (unpaired) electrons. The van der Waals surface area contributed by atoms with Crippen LogP contribution in [0.25, 0.3) is 17.1 Å². The zero-order valence-corrected chi connectivity index (χ0v) is 15.0. The predicted octanol–water partition coefficient (Wildman–Crippen LogP) is 4.84. The number of amides is 1. The van der Waals surface area contributed by atoms with Gasteiger partial charge < -0.3 is 5.32 Å². The van der Waals surface area contributed by atoms with E-state index in [2.05, 4.69) is 15.4 Å². The van der Waals surface area contributed by atoms with Gasteiger partial charge in [0.05, 0.1) is 11.4 Å². The highest BCUT2D eigenvalue weighted by atomic mass is 35.5. The molecule has 0 saturated heterocycles. The quantitative estimate of drug-likeness (QED) is 0.556. The molecule has 27 heavy (non-hydrogen) atoms. The van der Waals surface area contributed by atoms with E-state index in [1.54, 1.807) is 41.2 Å². The van der Waals surface area contributed by atoms with E-state index >= 15 is 0 Å². The zero-order valence-electron chi connectivity index (χ0n) is 14.2. The number of nitrogens with one attached hydrogen (secondary N) is 1. The summed E-state index contributed by atoms with van der Waals surface area (Å²) < 4.78 is 1.69. The third kappa shape index (κ3) is 3.73. The molecule has 0 spiro atoms. The molecule has 6 heteroatoms. The van der Waals surface area contributed by atoms with Crippen molar-refractivity contribution in [2.24, 2.45) is 0 Å². The van der Waals surface area contributed by atoms with Crippen LogP contribution in [0, 0.1) is 0 Å². The number of benzene rings is 2. The van der Waals surface area contributed by atoms with Crippen molar-refractivity contribution < 1.29 is 4.79 Å². The molecule has 132 valence electrons. The lowest BCUT2D eigenvalue weighted by molar-refractivity contribution is 0.102. The molecule has 0 bridgehead atoms. The number of anilines is 1. The fraction of sp³-hybridized carbons (Fsp3) is 0. The fourth-order valence-corrected chi connectivity index (χ4v) is 2.88. The van der Waals surface area contributed by atoms with Crippen LogP contribution >= 0.6 is 11.6 Å². The van der Waals surface area contributed by atoms with Crippen LogP contribution in [0.2, 0.25) is 5.02 Å². The second kappa shape index (κ2) is 7.43. The highest BCUT2D eigenvalue weighted by Gasteiger charge is 2.15. The lowest BCUT2D eigenvalue weighted by Gasteiger charge is -2.09. The molecule has 0 aliphatic heterocycles. The minimum atomic E-state index is -0.262. The second-order valence-electron chi connectivity index (χ2n) is 5.84. The largest absolute Gasteiger partial charge is 0.306 e. The maximum Gasteiger partial charge on any atom is 0.256 e. The molecule has 2 aromatic heterocycles. The van der Waals surface area contributed by atoms with Gasteiger partial charge >= 0.3 is 0 Å². The van der Waals surface area contributed by atoms with E-state index in [1.165, 1.54) is 0 Å². The summed E-state index contributed by atoms with van der Waals surface area (Å²) in [6.45, 7) is 0. The van der Waals surface area contributed by atoms with Crippen LogP contribution in [0.1, 0.15) is 10.4 Å². The average molecular weight is 375 g/mol. The van der Waals surface area contributed by atoms with Gasteiger partial charge in [-0.15, -0.1) is 0 Å². The van der Waals surface area contributed by atoms with Crippen LogP contribution in [0.15, 0.2) is 85.1 Å². The van der Waals surface area contributed by atoms with Gasteiger partial charge in [-0.25, -0.2) is 4.68 Å². The van der Waals surface area contributed by atoms with Crippen LogP contribution in [-0.2, 0) is 0 Å². The van der Waals surface area contributed by atoms with Gasteiger partial charge in [0.15, 0.2) is 0 Å². The molecule has 0 aliphatic carbocycles. The van der Waals surface area contributed by atoms with Crippen molar-refractivity contribution in [2.75, 3.05) is 5.32 Å². The van der Waals surface area contributed by atoms with Crippen LogP contribution < -0.4 is 5.32 Å². The maximum atomic E-state index is 12.7. The number of carbonyl (C=O) groups is 1. The minimum Gasteiger partial charge on any atom is -0.306 e. The lowest BCUT2D eigenvalue weighted by atomic mass is 10.2. The Balaban J connectivity index is 1.74. The molecular weight excluding hydrogens is 360 g/mol. The van der Waals surface area contributed by atoms with Gasteiger partial charge in [-0.1, -0.05) is 41.9 Å². The maximum absolute atomic E-state index is 12.7. The van der Waals surface area contributed by atoms with Crippen LogP contribution in [-0.4, -0.2) is 20.7 Å². The normalized spacial score (nSPS) is 10.6. The van der Waals surface area contributed by atoms with E-state index in [9.17, 15) is 4.79 Å². The van der Waals surface area contributed by atoms with E-state index in [-0.39, 0.29) is 5.91 Å². The second-order valence-corrected chi connectivity index (χ2v) is 6.28. The van der Waals surface area contributed by atoms with E-state index in [4.69, 9.17) is 11.6 Å². The summed E-state index contributed by atoms with van der Waals surface area (Å²) in [5.74, 6) is 0.286. The Kier molecular flexibility index (Phi) is 4.68. The van der Waals surface area contributed by atoms with Gasteiger partial charge in [0.2, 0.25) is 0 Å². The molecule has 0 saturated carbocycles. The number of pyridine rings is 1. The van der Waals surface area contributed by atoms with E-state index in [1.807, 2.05) is 48.5 Å². The third-order valence-electron chi connectivity index (χ3n) is 3.97. The van der Waals surface area contributed by atoms with Gasteiger partial charge in [0, 0.05) is 22.8 Å². The molecule has 2 heterocycles. The average Bonchev–Trinajstić information content (AvgIpc) is 3.13. The van der Waals surface area contributed by atoms with Crippen molar-refractivity contribution in [1.82, 2.24) is 14.8 Å². The molecule has 1 N–H and O–H groups in total. The minimum absolute atomic E-state index is 0.262. The van der Waals surface area contributed by atoms with Crippen LogP contribution in [0.5, 0.6) is 0 Å². The van der Waals surface area contributed by atoms with Crippen molar-refractivity contribution >= 4 is 23.3 Å². The third-order valence-corrected chi connectivity index (χ3v) is 4.20. The number of halogens is 1. The first-order valence-corrected chi connectivity index (χ1v) is 8.72. The number of hydrogen-bond acceptors (Lipinski definition) is 3. The van der Waals surface area contributed by atoms with E-state index in [0.717, 1.165) is 11.4 Å². The van der Waals surface area contributed by atoms with E-state index < -0.39 is 0 Å². The first-order chi connectivity index (χ1) is 13.2. The van der Waals surface area contributed by atoms with Gasteiger partial charge in [0.25, 0.3) is 5.91 Å². The molecule has 2 aromatic carbocycles. The summed E-state index contributed by atoms with van der Waals surface area (Å²) in [5, 5.41) is 8.05. The van der Waals surface area contributed by atoms with Gasteiger partial charge in [0.1, 0.15) is 11.5 Å². The van der Waals surface area contributed by atoms with Crippen molar-refractivity contribution in [3.63, 3.8) is 0 Å². The van der Waals surface area contributed by atoms with Crippen LogP contribution in [0.4, 0.5) is 5.82 Å². The topological polar surface area (TPSA) is 59.8 Å². The van der Waals surface area contributed by atoms with Gasteiger partial charge in [-0.05, 0) is 42.5 Å². The van der Waals surface area contributed by atoms with E-state index in [0.29, 0.717) is 22.1 Å². The molecule has 0 aliphatic rings. The zero-order chi connectivity index (χ0) is 18.6. The molecular formula is C21H15ClN4O. The smallest absolute Gasteiger partial charge is 0.256 e. The predicted molar refractivity (Wildman–Crippen MR) is 106 cm³/mol. The Morgan fingerprint density at radius 2 is 1.70 bits per heavy atom. The summed E-state index contributed by atoms with van der Waals surface area (Å²) in [6.07, 6.45) is 1.71. The molecule has 4 aromatic rings. The molecule has 4 rings (SSSR count). The summed E-state index contributed by atoms with van der Waals surface area (Å²) >= 11 is 6.00. The highest BCUT2D eigenvalue weighted by Crippen LogP contribution is 2.24. The van der Waals surface area contributed by atoms with Gasteiger partial charge in [-0.2, -0.15) is 5.10 Å². The SMILES string of the molecule is O=C(Nc1cc(-c2ccccn2)nn1-c1ccccc1)c1cccc(Cl)c1. The first-order valence-electron chi connectivity index (χ1n) is 8.34. The molecule has 5 nitrogen and oxygen atoms in total. The lowest BCUT2D eigenvalue weighted by Crippen LogP contribution is -2.15. The molecule has 0 fully saturated rings. The number of nitrogens with zero attached hydrogens (tertiary/aromatic N) is 3. The number of rotatable bonds is 4. The Bertz CT molecular complexity index is 1080. The number of aromatic nitrogens is 3. The van der Waals surface area contributed by atoms with Crippen molar-refractivity contribution in [2.45, 2.75) is 0 Å². The monoisotopic (exact) mass is 374 g/mol. The number of carbonyl (C=O) groups excluding carboxylic acids is 1. The summed E-state index contributed by atoms with van der Waals surface area (Å²) in [7, 11) is 0.